The quantitative estimate of drug-likeness (QED) is 0.806. The standard InChI is InChI=1S/C15H28N2O3/c1-11(2)16(6-5-15(19)20)10-14(18)17-8-12(3)7-13(4)9-17/h11-13H,5-10H2,1-4H3,(H,19,20). The molecule has 1 rings (SSSR count). The summed E-state index contributed by atoms with van der Waals surface area (Å²) in [5, 5.41) is 8.77. The summed E-state index contributed by atoms with van der Waals surface area (Å²) in [7, 11) is 0. The first-order valence-electron chi connectivity index (χ1n) is 7.53. The van der Waals surface area contributed by atoms with E-state index in [0.717, 1.165) is 13.1 Å². The predicted molar refractivity (Wildman–Crippen MR) is 78.5 cm³/mol. The average Bonchev–Trinajstić information content (AvgIpc) is 2.32. The summed E-state index contributed by atoms with van der Waals surface area (Å²) in [5.41, 5.74) is 0. The van der Waals surface area contributed by atoms with E-state index in [9.17, 15) is 9.59 Å². The van der Waals surface area contributed by atoms with Gasteiger partial charge in [-0.2, -0.15) is 0 Å². The molecule has 0 aromatic rings. The third-order valence-corrected chi connectivity index (χ3v) is 3.90. The number of carboxylic acid groups (broad SMARTS) is 1. The molecule has 0 bridgehead atoms. The van der Waals surface area contributed by atoms with Gasteiger partial charge in [0.05, 0.1) is 13.0 Å². The highest BCUT2D eigenvalue weighted by atomic mass is 16.4. The van der Waals surface area contributed by atoms with Gasteiger partial charge >= 0.3 is 5.97 Å². The largest absolute Gasteiger partial charge is 0.481 e. The molecule has 2 atom stereocenters. The molecule has 0 spiro atoms. The van der Waals surface area contributed by atoms with Gasteiger partial charge in [0.1, 0.15) is 0 Å². The molecule has 0 saturated carbocycles. The van der Waals surface area contributed by atoms with Crippen LogP contribution in [0.4, 0.5) is 0 Å². The van der Waals surface area contributed by atoms with Gasteiger partial charge in [-0.1, -0.05) is 13.8 Å². The number of rotatable bonds is 6. The molecule has 0 aromatic carbocycles. The molecular formula is C15H28N2O3. The molecule has 116 valence electrons. The molecule has 1 aliphatic rings. The first-order chi connectivity index (χ1) is 9.29. The van der Waals surface area contributed by atoms with Crippen molar-refractivity contribution >= 4 is 11.9 Å². The van der Waals surface area contributed by atoms with Crippen LogP contribution in [0.15, 0.2) is 0 Å². The molecular weight excluding hydrogens is 256 g/mol. The van der Waals surface area contributed by atoms with E-state index in [1.165, 1.54) is 6.42 Å². The molecule has 5 nitrogen and oxygen atoms in total. The van der Waals surface area contributed by atoms with Crippen LogP contribution in [-0.4, -0.2) is 59.0 Å². The van der Waals surface area contributed by atoms with Crippen molar-refractivity contribution in [2.24, 2.45) is 11.8 Å². The number of likely N-dealkylation sites (tertiary alicyclic amines) is 1. The first-order valence-corrected chi connectivity index (χ1v) is 7.53. The average molecular weight is 284 g/mol. The van der Waals surface area contributed by atoms with Crippen molar-refractivity contribution in [3.8, 4) is 0 Å². The second-order valence-electron chi connectivity index (χ2n) is 6.45. The Hall–Kier alpha value is -1.10. The number of hydrogen-bond donors (Lipinski definition) is 1. The van der Waals surface area contributed by atoms with Crippen LogP contribution in [0, 0.1) is 11.8 Å². The molecule has 0 aromatic heterocycles. The maximum Gasteiger partial charge on any atom is 0.304 e. The van der Waals surface area contributed by atoms with Crippen molar-refractivity contribution in [2.45, 2.75) is 46.6 Å². The Morgan fingerprint density at radius 3 is 2.25 bits per heavy atom. The molecule has 0 aliphatic carbocycles. The first kappa shape index (κ1) is 17.0. The van der Waals surface area contributed by atoms with Gasteiger partial charge in [0.15, 0.2) is 0 Å². The highest BCUT2D eigenvalue weighted by Crippen LogP contribution is 2.21. The highest BCUT2D eigenvalue weighted by molar-refractivity contribution is 5.78. The zero-order chi connectivity index (χ0) is 15.3. The van der Waals surface area contributed by atoms with Crippen LogP contribution in [0.3, 0.4) is 0 Å². The predicted octanol–water partition coefficient (Wildman–Crippen LogP) is 1.68. The molecule has 1 aliphatic heterocycles. The number of aliphatic carboxylic acids is 1. The van der Waals surface area contributed by atoms with E-state index < -0.39 is 5.97 Å². The lowest BCUT2D eigenvalue weighted by molar-refractivity contribution is -0.139. The second kappa shape index (κ2) is 7.62. The fraction of sp³-hybridized carbons (Fsp3) is 0.867. The number of nitrogens with zero attached hydrogens (tertiary/aromatic N) is 2. The van der Waals surface area contributed by atoms with Gasteiger partial charge in [-0.05, 0) is 32.1 Å². The van der Waals surface area contributed by atoms with Crippen molar-refractivity contribution in [3.63, 3.8) is 0 Å². The minimum Gasteiger partial charge on any atom is -0.481 e. The number of hydrogen-bond acceptors (Lipinski definition) is 3. The zero-order valence-corrected chi connectivity index (χ0v) is 13.1. The Morgan fingerprint density at radius 2 is 1.80 bits per heavy atom. The summed E-state index contributed by atoms with van der Waals surface area (Å²) in [6.45, 7) is 10.8. The van der Waals surface area contributed by atoms with Gasteiger partial charge in [0, 0.05) is 25.7 Å². The van der Waals surface area contributed by atoms with Crippen molar-refractivity contribution in [2.75, 3.05) is 26.2 Å². The van der Waals surface area contributed by atoms with Crippen LogP contribution in [0.25, 0.3) is 0 Å². The Balaban J connectivity index is 2.54. The van der Waals surface area contributed by atoms with Crippen LogP contribution >= 0.6 is 0 Å². The summed E-state index contributed by atoms with van der Waals surface area (Å²) in [5.74, 6) is 0.411. The van der Waals surface area contributed by atoms with Crippen LogP contribution in [0.2, 0.25) is 0 Å². The smallest absolute Gasteiger partial charge is 0.304 e. The number of piperidine rings is 1. The second-order valence-corrected chi connectivity index (χ2v) is 6.45. The molecule has 0 radical (unpaired) electrons. The fourth-order valence-corrected chi connectivity index (χ4v) is 2.90. The Morgan fingerprint density at radius 1 is 1.25 bits per heavy atom. The van der Waals surface area contributed by atoms with Gasteiger partial charge in [-0.25, -0.2) is 0 Å². The number of carboxylic acids is 1. The molecule has 2 unspecified atom stereocenters. The lowest BCUT2D eigenvalue weighted by atomic mass is 9.92. The maximum absolute atomic E-state index is 12.4. The number of carbonyl (C=O) groups is 2. The third-order valence-electron chi connectivity index (χ3n) is 3.90. The molecule has 5 heteroatoms. The van der Waals surface area contributed by atoms with E-state index in [1.807, 2.05) is 23.6 Å². The summed E-state index contributed by atoms with van der Waals surface area (Å²) < 4.78 is 0. The van der Waals surface area contributed by atoms with Gasteiger partial charge in [-0.15, -0.1) is 0 Å². The lowest BCUT2D eigenvalue weighted by Gasteiger charge is -2.36. The van der Waals surface area contributed by atoms with E-state index in [0.29, 0.717) is 24.9 Å². The normalized spacial score (nSPS) is 23.4. The Kier molecular flexibility index (Phi) is 6.46. The van der Waals surface area contributed by atoms with E-state index in [1.54, 1.807) is 0 Å². The third kappa shape index (κ3) is 5.49. The van der Waals surface area contributed by atoms with E-state index in [-0.39, 0.29) is 18.4 Å². The Labute approximate surface area is 121 Å². The van der Waals surface area contributed by atoms with Crippen molar-refractivity contribution in [1.29, 1.82) is 0 Å². The van der Waals surface area contributed by atoms with Crippen LogP contribution in [0.1, 0.15) is 40.5 Å². The van der Waals surface area contributed by atoms with Gasteiger partial charge in [0.25, 0.3) is 0 Å². The summed E-state index contributed by atoms with van der Waals surface area (Å²) >= 11 is 0. The van der Waals surface area contributed by atoms with E-state index in [4.69, 9.17) is 5.11 Å². The minimum atomic E-state index is -0.816. The molecule has 1 N–H and O–H groups in total. The summed E-state index contributed by atoms with van der Waals surface area (Å²) in [6.07, 6.45) is 1.26. The van der Waals surface area contributed by atoms with Gasteiger partial charge in [-0.3, -0.25) is 14.5 Å². The molecule has 1 saturated heterocycles. The Bertz CT molecular complexity index is 334. The van der Waals surface area contributed by atoms with Crippen molar-refractivity contribution in [3.05, 3.63) is 0 Å². The molecule has 20 heavy (non-hydrogen) atoms. The van der Waals surface area contributed by atoms with E-state index in [2.05, 4.69) is 13.8 Å². The molecule has 1 heterocycles. The van der Waals surface area contributed by atoms with Crippen LogP contribution in [-0.2, 0) is 9.59 Å². The van der Waals surface area contributed by atoms with Crippen molar-refractivity contribution < 1.29 is 14.7 Å². The topological polar surface area (TPSA) is 60.9 Å². The number of carbonyl (C=O) groups excluding carboxylic acids is 1. The molecule has 1 fully saturated rings. The monoisotopic (exact) mass is 284 g/mol. The highest BCUT2D eigenvalue weighted by Gasteiger charge is 2.26. The van der Waals surface area contributed by atoms with E-state index >= 15 is 0 Å². The van der Waals surface area contributed by atoms with Crippen LogP contribution < -0.4 is 0 Å². The summed E-state index contributed by atoms with van der Waals surface area (Å²) in [4.78, 5) is 26.9. The fourth-order valence-electron chi connectivity index (χ4n) is 2.90. The molecule has 1 amide bonds. The van der Waals surface area contributed by atoms with Gasteiger partial charge in [0.2, 0.25) is 5.91 Å². The SMILES string of the molecule is CC1CC(C)CN(C(=O)CN(CCC(=O)O)C(C)C)C1. The zero-order valence-electron chi connectivity index (χ0n) is 13.1. The van der Waals surface area contributed by atoms with Crippen molar-refractivity contribution in [1.82, 2.24) is 9.80 Å². The van der Waals surface area contributed by atoms with Crippen LogP contribution in [0.5, 0.6) is 0 Å². The minimum absolute atomic E-state index is 0.0816. The maximum atomic E-state index is 12.4. The van der Waals surface area contributed by atoms with Gasteiger partial charge < -0.3 is 10.0 Å². The summed E-state index contributed by atoms with van der Waals surface area (Å²) in [6, 6.07) is 0.179. The lowest BCUT2D eigenvalue weighted by Crippen LogP contribution is -2.48. The number of amides is 1.